The molecular weight excluding hydrogens is 356 g/mol. The van der Waals surface area contributed by atoms with Gasteiger partial charge in [0, 0.05) is 47.9 Å². The Morgan fingerprint density at radius 1 is 1.07 bits per heavy atom. The first kappa shape index (κ1) is 18.4. The average Bonchev–Trinajstić information content (AvgIpc) is 3.17. The maximum Gasteiger partial charge on any atom is 0.177 e. The van der Waals surface area contributed by atoms with E-state index in [1.807, 2.05) is 18.2 Å². The maximum absolute atomic E-state index is 6.40. The molecule has 0 radical (unpaired) electrons. The number of hydrogen-bond donors (Lipinski definition) is 3. The van der Waals surface area contributed by atoms with Crippen molar-refractivity contribution in [3.8, 4) is 11.5 Å². The Balaban J connectivity index is 1.81. The minimum Gasteiger partial charge on any atom is -0.497 e. The van der Waals surface area contributed by atoms with Crippen LogP contribution in [0.4, 0.5) is 17.2 Å². The fourth-order valence-electron chi connectivity index (χ4n) is 3.94. The third kappa shape index (κ3) is 3.43. The number of fused-ring (bicyclic) bond motifs is 1. The number of nitrogens with two attached hydrogens (primary N) is 2. The molecule has 0 spiro atoms. The normalized spacial score (nSPS) is 19.5. The van der Waals surface area contributed by atoms with E-state index in [4.69, 9.17) is 20.9 Å². The molecule has 0 atom stereocenters. The minimum atomic E-state index is 0.264. The zero-order chi connectivity index (χ0) is 19.7. The van der Waals surface area contributed by atoms with Gasteiger partial charge in [0.05, 0.1) is 19.9 Å². The van der Waals surface area contributed by atoms with Crippen molar-refractivity contribution >= 4 is 22.8 Å². The molecule has 28 heavy (non-hydrogen) atoms. The first-order valence-corrected chi connectivity index (χ1v) is 9.47. The van der Waals surface area contributed by atoms with Gasteiger partial charge in [-0.3, -0.25) is 0 Å². The summed E-state index contributed by atoms with van der Waals surface area (Å²) in [4.78, 5) is 4.51. The van der Waals surface area contributed by atoms with Gasteiger partial charge in [0.15, 0.2) is 5.65 Å². The van der Waals surface area contributed by atoms with Gasteiger partial charge in [-0.25, -0.2) is 9.50 Å². The first-order chi connectivity index (χ1) is 13.6. The van der Waals surface area contributed by atoms with Crippen molar-refractivity contribution in [1.82, 2.24) is 14.6 Å². The third-order valence-electron chi connectivity index (χ3n) is 5.41. The fourth-order valence-corrected chi connectivity index (χ4v) is 3.94. The molecule has 8 nitrogen and oxygen atoms in total. The zero-order valence-corrected chi connectivity index (χ0v) is 16.2. The monoisotopic (exact) mass is 382 g/mol. The summed E-state index contributed by atoms with van der Waals surface area (Å²) in [5, 5.41) is 8.02. The van der Waals surface area contributed by atoms with Crippen LogP contribution in [-0.2, 0) is 0 Å². The molecule has 1 aliphatic carbocycles. The topological polar surface area (TPSA) is 113 Å². The van der Waals surface area contributed by atoms with Crippen molar-refractivity contribution in [2.75, 3.05) is 25.3 Å². The number of nitrogens with zero attached hydrogens (tertiary/aromatic N) is 3. The van der Waals surface area contributed by atoms with E-state index >= 15 is 0 Å². The Kier molecular flexibility index (Phi) is 4.95. The number of hydrogen-bond acceptors (Lipinski definition) is 7. The van der Waals surface area contributed by atoms with Gasteiger partial charge in [0.25, 0.3) is 0 Å². The van der Waals surface area contributed by atoms with Crippen molar-refractivity contribution in [3.63, 3.8) is 0 Å². The number of anilines is 3. The summed E-state index contributed by atoms with van der Waals surface area (Å²) in [6.07, 6.45) is 7.45. The van der Waals surface area contributed by atoms with Crippen molar-refractivity contribution in [1.29, 1.82) is 0 Å². The molecule has 1 aliphatic rings. The molecule has 8 heteroatoms. The van der Waals surface area contributed by atoms with Crippen molar-refractivity contribution in [2.45, 2.75) is 37.6 Å². The second-order valence-corrected chi connectivity index (χ2v) is 7.21. The van der Waals surface area contributed by atoms with Crippen molar-refractivity contribution in [2.24, 2.45) is 5.73 Å². The van der Waals surface area contributed by atoms with E-state index in [1.165, 1.54) is 0 Å². The van der Waals surface area contributed by atoms with Crippen LogP contribution >= 0.6 is 0 Å². The minimum absolute atomic E-state index is 0.264. The molecule has 2 aromatic heterocycles. The molecule has 0 aliphatic heterocycles. The summed E-state index contributed by atoms with van der Waals surface area (Å²) in [5.74, 6) is 2.22. The predicted molar refractivity (Wildman–Crippen MR) is 109 cm³/mol. The number of methoxy groups -OCH3 is 2. The molecule has 3 aromatic rings. The molecular formula is C20H26N6O2. The average molecular weight is 382 g/mol. The number of imidazole rings is 1. The van der Waals surface area contributed by atoms with Crippen LogP contribution in [0.25, 0.3) is 5.65 Å². The summed E-state index contributed by atoms with van der Waals surface area (Å²) in [6.45, 7) is 0. The molecule has 0 saturated heterocycles. The Morgan fingerprint density at radius 3 is 2.39 bits per heavy atom. The van der Waals surface area contributed by atoms with Crippen LogP contribution in [0.5, 0.6) is 11.5 Å². The van der Waals surface area contributed by atoms with E-state index in [0.29, 0.717) is 23.2 Å². The maximum atomic E-state index is 6.40. The van der Waals surface area contributed by atoms with Crippen molar-refractivity contribution < 1.29 is 9.47 Å². The largest absolute Gasteiger partial charge is 0.497 e. The Hall–Kier alpha value is -3.00. The summed E-state index contributed by atoms with van der Waals surface area (Å²) in [5.41, 5.74) is 15.9. The summed E-state index contributed by atoms with van der Waals surface area (Å²) in [6, 6.07) is 5.93. The molecule has 0 amide bonds. The summed E-state index contributed by atoms with van der Waals surface area (Å²) >= 11 is 0. The summed E-state index contributed by atoms with van der Waals surface area (Å²) < 4.78 is 12.5. The molecule has 2 heterocycles. The van der Waals surface area contributed by atoms with Crippen LogP contribution in [0.3, 0.4) is 0 Å². The van der Waals surface area contributed by atoms with E-state index < -0.39 is 0 Å². The molecule has 5 N–H and O–H groups in total. The van der Waals surface area contributed by atoms with Crippen LogP contribution < -0.4 is 26.3 Å². The molecule has 0 unspecified atom stereocenters. The highest BCUT2D eigenvalue weighted by Gasteiger charge is 2.27. The van der Waals surface area contributed by atoms with Gasteiger partial charge in [-0.05, 0) is 31.6 Å². The number of benzene rings is 1. The van der Waals surface area contributed by atoms with Gasteiger partial charge in [-0.1, -0.05) is 0 Å². The van der Waals surface area contributed by atoms with E-state index in [0.717, 1.165) is 48.3 Å². The highest BCUT2D eigenvalue weighted by Crippen LogP contribution is 2.41. The molecule has 0 bridgehead atoms. The number of ether oxygens (including phenoxy) is 2. The van der Waals surface area contributed by atoms with Crippen LogP contribution in [0.1, 0.15) is 37.2 Å². The lowest BCUT2D eigenvalue weighted by Gasteiger charge is -2.28. The smallest absolute Gasteiger partial charge is 0.177 e. The van der Waals surface area contributed by atoms with Gasteiger partial charge >= 0.3 is 0 Å². The third-order valence-corrected chi connectivity index (χ3v) is 5.41. The summed E-state index contributed by atoms with van der Waals surface area (Å²) in [7, 11) is 3.26. The highest BCUT2D eigenvalue weighted by atomic mass is 16.5. The molecule has 148 valence electrons. The lowest BCUT2D eigenvalue weighted by Crippen LogP contribution is -2.26. The van der Waals surface area contributed by atoms with Gasteiger partial charge in [0.2, 0.25) is 0 Å². The standard InChI is InChI=1S/C20H26N6O2/c1-27-15-9-14(10-16(11-15)28-2)24-18-17(12-3-5-13(21)6-4-12)19(22)25-26-8-7-23-20(18)26/h7-13,24H,3-6,21H2,1-2H3,(H2,22,25). The van der Waals surface area contributed by atoms with Gasteiger partial charge in [-0.2, -0.15) is 0 Å². The first-order valence-electron chi connectivity index (χ1n) is 9.47. The fraction of sp³-hybridized carbons (Fsp3) is 0.400. The number of aromatic nitrogens is 3. The SMILES string of the molecule is COc1cc(Nc2c(C3CCC(N)CC3)c(N)nn3ccnc23)cc(OC)c1. The van der Waals surface area contributed by atoms with Gasteiger partial charge < -0.3 is 26.3 Å². The Bertz CT molecular complexity index is 956. The Morgan fingerprint density at radius 2 is 1.75 bits per heavy atom. The number of rotatable bonds is 5. The van der Waals surface area contributed by atoms with Crippen molar-refractivity contribution in [3.05, 3.63) is 36.2 Å². The molecule has 1 aromatic carbocycles. The number of nitrogen functional groups attached to an aromatic ring is 1. The van der Waals surface area contributed by atoms with E-state index in [2.05, 4.69) is 15.4 Å². The van der Waals surface area contributed by atoms with Gasteiger partial charge in [-0.15, -0.1) is 5.10 Å². The van der Waals surface area contributed by atoms with Crippen LogP contribution in [0.15, 0.2) is 30.6 Å². The van der Waals surface area contributed by atoms with Crippen LogP contribution in [-0.4, -0.2) is 34.9 Å². The second-order valence-electron chi connectivity index (χ2n) is 7.21. The lowest BCUT2D eigenvalue weighted by atomic mass is 9.81. The zero-order valence-electron chi connectivity index (χ0n) is 16.2. The van der Waals surface area contributed by atoms with E-state index in [9.17, 15) is 0 Å². The quantitative estimate of drug-likeness (QED) is 0.621. The van der Waals surface area contributed by atoms with Crippen LogP contribution in [0.2, 0.25) is 0 Å². The second kappa shape index (κ2) is 7.55. The molecule has 4 rings (SSSR count). The van der Waals surface area contributed by atoms with E-state index in [-0.39, 0.29) is 6.04 Å². The molecule has 1 saturated carbocycles. The number of nitrogens with one attached hydrogen (secondary N) is 1. The van der Waals surface area contributed by atoms with Gasteiger partial charge in [0.1, 0.15) is 17.3 Å². The lowest BCUT2D eigenvalue weighted by molar-refractivity contribution is 0.394. The van der Waals surface area contributed by atoms with E-state index in [1.54, 1.807) is 31.1 Å². The van der Waals surface area contributed by atoms with Crippen LogP contribution in [0, 0.1) is 0 Å². The molecule has 1 fully saturated rings. The highest BCUT2D eigenvalue weighted by molar-refractivity contribution is 5.81. The predicted octanol–water partition coefficient (Wildman–Crippen LogP) is 3.06. The Labute approximate surface area is 163 Å².